The van der Waals surface area contributed by atoms with Gasteiger partial charge in [0.15, 0.2) is 5.76 Å². The van der Waals surface area contributed by atoms with Crippen molar-refractivity contribution in [3.63, 3.8) is 0 Å². The SMILES string of the molecule is COCCNCc1cc(-c2c(F)cccc2F)on1. The Morgan fingerprint density at radius 3 is 2.74 bits per heavy atom. The summed E-state index contributed by atoms with van der Waals surface area (Å²) in [5, 5.41) is 6.82. The Bertz CT molecular complexity index is 523. The Hall–Kier alpha value is -1.79. The van der Waals surface area contributed by atoms with Gasteiger partial charge in [0, 0.05) is 26.3 Å². The second-order valence-corrected chi connectivity index (χ2v) is 3.95. The van der Waals surface area contributed by atoms with Crippen LogP contribution in [0, 0.1) is 11.6 Å². The summed E-state index contributed by atoms with van der Waals surface area (Å²) in [4.78, 5) is 0. The molecule has 2 aromatic rings. The average molecular weight is 268 g/mol. The normalized spacial score (nSPS) is 10.9. The molecule has 0 fully saturated rings. The molecule has 4 nitrogen and oxygen atoms in total. The molecule has 6 heteroatoms. The lowest BCUT2D eigenvalue weighted by molar-refractivity contribution is 0.199. The highest BCUT2D eigenvalue weighted by Crippen LogP contribution is 2.26. The number of benzene rings is 1. The topological polar surface area (TPSA) is 47.3 Å². The third kappa shape index (κ3) is 3.36. The lowest BCUT2D eigenvalue weighted by atomic mass is 10.1. The second kappa shape index (κ2) is 6.40. The highest BCUT2D eigenvalue weighted by Gasteiger charge is 2.15. The smallest absolute Gasteiger partial charge is 0.173 e. The van der Waals surface area contributed by atoms with E-state index < -0.39 is 11.6 Å². The van der Waals surface area contributed by atoms with Crippen molar-refractivity contribution in [2.75, 3.05) is 20.3 Å². The number of methoxy groups -OCH3 is 1. The van der Waals surface area contributed by atoms with Crippen molar-refractivity contribution in [2.45, 2.75) is 6.54 Å². The van der Waals surface area contributed by atoms with Gasteiger partial charge in [-0.3, -0.25) is 0 Å². The van der Waals surface area contributed by atoms with E-state index in [1.54, 1.807) is 7.11 Å². The molecule has 1 heterocycles. The van der Waals surface area contributed by atoms with E-state index in [1.807, 2.05) is 0 Å². The minimum atomic E-state index is -0.671. The van der Waals surface area contributed by atoms with Crippen LogP contribution in [0.25, 0.3) is 11.3 Å². The van der Waals surface area contributed by atoms with Gasteiger partial charge < -0.3 is 14.6 Å². The predicted molar refractivity (Wildman–Crippen MR) is 65.4 cm³/mol. The van der Waals surface area contributed by atoms with Crippen LogP contribution in [-0.2, 0) is 11.3 Å². The molecule has 0 aliphatic rings. The molecule has 0 unspecified atom stereocenters. The molecule has 1 N–H and O–H groups in total. The fourth-order valence-electron chi connectivity index (χ4n) is 1.64. The van der Waals surface area contributed by atoms with Gasteiger partial charge in [-0.05, 0) is 12.1 Å². The number of hydrogen-bond donors (Lipinski definition) is 1. The highest BCUT2D eigenvalue weighted by atomic mass is 19.1. The summed E-state index contributed by atoms with van der Waals surface area (Å²) in [7, 11) is 1.61. The summed E-state index contributed by atoms with van der Waals surface area (Å²) in [5.41, 5.74) is 0.381. The van der Waals surface area contributed by atoms with Crippen molar-refractivity contribution in [3.05, 3.63) is 41.6 Å². The van der Waals surface area contributed by atoms with Gasteiger partial charge in [-0.1, -0.05) is 11.2 Å². The van der Waals surface area contributed by atoms with Crippen LogP contribution in [0.5, 0.6) is 0 Å². The highest BCUT2D eigenvalue weighted by molar-refractivity contribution is 5.59. The largest absolute Gasteiger partial charge is 0.383 e. The van der Waals surface area contributed by atoms with Gasteiger partial charge in [-0.25, -0.2) is 8.78 Å². The first-order valence-electron chi connectivity index (χ1n) is 5.82. The van der Waals surface area contributed by atoms with Crippen LogP contribution >= 0.6 is 0 Å². The maximum absolute atomic E-state index is 13.5. The summed E-state index contributed by atoms with van der Waals surface area (Å²) in [6.45, 7) is 1.68. The fraction of sp³-hybridized carbons (Fsp3) is 0.308. The quantitative estimate of drug-likeness (QED) is 0.817. The molecule has 0 atom stereocenters. The Kier molecular flexibility index (Phi) is 4.59. The first kappa shape index (κ1) is 13.6. The van der Waals surface area contributed by atoms with Crippen molar-refractivity contribution < 1.29 is 18.0 Å². The molecule has 0 saturated heterocycles. The number of rotatable bonds is 6. The van der Waals surface area contributed by atoms with E-state index >= 15 is 0 Å². The van der Waals surface area contributed by atoms with Crippen LogP contribution in [-0.4, -0.2) is 25.4 Å². The standard InChI is InChI=1S/C13H14F2N2O2/c1-18-6-5-16-8-9-7-12(19-17-9)13-10(14)3-2-4-11(13)15/h2-4,7,16H,5-6,8H2,1H3. The molecule has 0 spiro atoms. The third-order valence-corrected chi connectivity index (χ3v) is 2.56. The number of ether oxygens (including phenoxy) is 1. The second-order valence-electron chi connectivity index (χ2n) is 3.95. The minimum absolute atomic E-state index is 0.0825. The van der Waals surface area contributed by atoms with Crippen LogP contribution in [0.1, 0.15) is 5.69 Å². The van der Waals surface area contributed by atoms with Crippen LogP contribution in [0.15, 0.2) is 28.8 Å². The number of nitrogens with one attached hydrogen (secondary N) is 1. The molecule has 0 amide bonds. The van der Waals surface area contributed by atoms with Crippen LogP contribution in [0.4, 0.5) is 8.78 Å². The molecule has 102 valence electrons. The van der Waals surface area contributed by atoms with Crippen molar-refractivity contribution in [1.29, 1.82) is 0 Å². The maximum atomic E-state index is 13.5. The third-order valence-electron chi connectivity index (χ3n) is 2.56. The first-order chi connectivity index (χ1) is 9.22. The molecule has 0 aliphatic carbocycles. The van der Waals surface area contributed by atoms with Crippen molar-refractivity contribution >= 4 is 0 Å². The molecule has 1 aromatic heterocycles. The van der Waals surface area contributed by atoms with Crippen LogP contribution in [0.3, 0.4) is 0 Å². The zero-order valence-electron chi connectivity index (χ0n) is 10.5. The summed E-state index contributed by atoms with van der Waals surface area (Å²) >= 11 is 0. The van der Waals surface area contributed by atoms with Crippen molar-refractivity contribution in [2.24, 2.45) is 0 Å². The first-order valence-corrected chi connectivity index (χ1v) is 5.82. The van der Waals surface area contributed by atoms with Crippen LogP contribution in [0.2, 0.25) is 0 Å². The molecule has 19 heavy (non-hydrogen) atoms. The predicted octanol–water partition coefficient (Wildman–Crippen LogP) is 2.36. The molecular weight excluding hydrogens is 254 g/mol. The molecule has 0 radical (unpaired) electrons. The Morgan fingerprint density at radius 2 is 2.05 bits per heavy atom. The molecule has 0 saturated carbocycles. The molecule has 1 aromatic carbocycles. The number of hydrogen-bond acceptors (Lipinski definition) is 4. The zero-order chi connectivity index (χ0) is 13.7. The molecular formula is C13H14F2N2O2. The van der Waals surface area contributed by atoms with Gasteiger partial charge in [0.1, 0.15) is 11.6 Å². The Labute approximate surface area is 109 Å². The zero-order valence-corrected chi connectivity index (χ0v) is 10.5. The van der Waals surface area contributed by atoms with E-state index in [9.17, 15) is 8.78 Å². The van der Waals surface area contributed by atoms with E-state index in [-0.39, 0.29) is 11.3 Å². The fourth-order valence-corrected chi connectivity index (χ4v) is 1.64. The van der Waals surface area contributed by atoms with E-state index in [0.29, 0.717) is 25.4 Å². The number of nitrogens with zero attached hydrogens (tertiary/aromatic N) is 1. The van der Waals surface area contributed by atoms with Crippen molar-refractivity contribution in [1.82, 2.24) is 10.5 Å². The molecule has 2 rings (SSSR count). The Balaban J connectivity index is 2.08. The molecule has 0 bridgehead atoms. The van der Waals surface area contributed by atoms with Gasteiger partial charge in [0.2, 0.25) is 0 Å². The summed E-state index contributed by atoms with van der Waals surface area (Å²) < 4.78 is 36.9. The number of aromatic nitrogens is 1. The van der Waals surface area contributed by atoms with E-state index in [1.165, 1.54) is 24.3 Å². The van der Waals surface area contributed by atoms with Gasteiger partial charge in [0.05, 0.1) is 17.9 Å². The summed E-state index contributed by atoms with van der Waals surface area (Å²) in [6.07, 6.45) is 0. The van der Waals surface area contributed by atoms with Crippen molar-refractivity contribution in [3.8, 4) is 11.3 Å². The van der Waals surface area contributed by atoms with E-state index in [4.69, 9.17) is 9.26 Å². The van der Waals surface area contributed by atoms with Gasteiger partial charge >= 0.3 is 0 Å². The lowest BCUT2D eigenvalue weighted by Gasteiger charge is -2.00. The maximum Gasteiger partial charge on any atom is 0.173 e. The summed E-state index contributed by atoms with van der Waals surface area (Å²) in [6, 6.07) is 5.17. The van der Waals surface area contributed by atoms with E-state index in [2.05, 4.69) is 10.5 Å². The minimum Gasteiger partial charge on any atom is -0.383 e. The van der Waals surface area contributed by atoms with Gasteiger partial charge in [-0.15, -0.1) is 0 Å². The van der Waals surface area contributed by atoms with Crippen LogP contribution < -0.4 is 5.32 Å². The van der Waals surface area contributed by atoms with Gasteiger partial charge in [-0.2, -0.15) is 0 Å². The Morgan fingerprint density at radius 1 is 1.32 bits per heavy atom. The van der Waals surface area contributed by atoms with E-state index in [0.717, 1.165) is 0 Å². The average Bonchev–Trinajstić information content (AvgIpc) is 2.83. The monoisotopic (exact) mass is 268 g/mol. The number of halogens is 2. The molecule has 0 aliphatic heterocycles. The van der Waals surface area contributed by atoms with Gasteiger partial charge in [0.25, 0.3) is 0 Å². The lowest BCUT2D eigenvalue weighted by Crippen LogP contribution is -2.18. The summed E-state index contributed by atoms with van der Waals surface area (Å²) in [5.74, 6) is -1.26.